The molecule has 19 heavy (non-hydrogen) atoms. The molecule has 0 atom stereocenters. The molecule has 0 spiro atoms. The number of hydrogen-bond acceptors (Lipinski definition) is 4. The molecule has 100 valence electrons. The van der Waals surface area contributed by atoms with Crippen LogP contribution in [-0.2, 0) is 16.6 Å². The lowest BCUT2D eigenvalue weighted by Crippen LogP contribution is -2.14. The van der Waals surface area contributed by atoms with Gasteiger partial charge in [0.15, 0.2) is 5.82 Å². The number of anilines is 1. The third-order valence-corrected chi connectivity index (χ3v) is 4.45. The molecule has 0 amide bonds. The van der Waals surface area contributed by atoms with Crippen molar-refractivity contribution in [1.82, 2.24) is 4.98 Å². The lowest BCUT2D eigenvalue weighted by atomic mass is 10.2. The lowest BCUT2D eigenvalue weighted by molar-refractivity contribution is 0.601. The molecule has 5 nitrogen and oxygen atoms in total. The molecule has 2 rings (SSSR count). The molecule has 0 unspecified atom stereocenters. The van der Waals surface area contributed by atoms with Crippen LogP contribution in [0.5, 0.6) is 0 Å². The largest absolute Gasteiger partial charge is 0.326 e. The third kappa shape index (κ3) is 3.31. The number of nitrogens with zero attached hydrogens (tertiary/aromatic N) is 1. The van der Waals surface area contributed by atoms with Gasteiger partial charge in [-0.3, -0.25) is 4.72 Å². The molecule has 1 aromatic heterocycles. The van der Waals surface area contributed by atoms with Crippen LogP contribution in [0.15, 0.2) is 52.0 Å². The van der Waals surface area contributed by atoms with Crippen LogP contribution in [0.1, 0.15) is 5.56 Å². The van der Waals surface area contributed by atoms with Gasteiger partial charge in [-0.25, -0.2) is 13.4 Å². The van der Waals surface area contributed by atoms with E-state index in [1.54, 1.807) is 24.3 Å². The molecule has 0 aliphatic carbocycles. The maximum absolute atomic E-state index is 12.2. The molecule has 0 saturated heterocycles. The maximum Gasteiger partial charge on any atom is 0.263 e. The number of rotatable bonds is 4. The van der Waals surface area contributed by atoms with Gasteiger partial charge in [0.2, 0.25) is 0 Å². The van der Waals surface area contributed by atoms with Crippen LogP contribution in [0.25, 0.3) is 0 Å². The summed E-state index contributed by atoms with van der Waals surface area (Å²) in [5.41, 5.74) is 6.34. The van der Waals surface area contributed by atoms with Crippen molar-refractivity contribution in [1.29, 1.82) is 0 Å². The Morgan fingerprint density at radius 2 is 1.89 bits per heavy atom. The molecule has 0 aliphatic heterocycles. The van der Waals surface area contributed by atoms with Gasteiger partial charge in [0.25, 0.3) is 10.0 Å². The Hall–Kier alpha value is -1.44. The van der Waals surface area contributed by atoms with Gasteiger partial charge in [-0.2, -0.15) is 0 Å². The molecular formula is C12H12BrN3O2S. The summed E-state index contributed by atoms with van der Waals surface area (Å²) < 4.78 is 27.3. The van der Waals surface area contributed by atoms with Gasteiger partial charge in [-0.05, 0) is 45.8 Å². The zero-order valence-electron chi connectivity index (χ0n) is 9.88. The normalized spacial score (nSPS) is 11.3. The maximum atomic E-state index is 12.2. The molecule has 0 aliphatic rings. The smallest absolute Gasteiger partial charge is 0.263 e. The Balaban J connectivity index is 2.30. The molecule has 0 saturated carbocycles. The van der Waals surface area contributed by atoms with Crippen molar-refractivity contribution in [2.24, 2.45) is 5.73 Å². The van der Waals surface area contributed by atoms with Crippen molar-refractivity contribution in [3.05, 3.63) is 52.6 Å². The van der Waals surface area contributed by atoms with Crippen molar-refractivity contribution >= 4 is 31.8 Å². The van der Waals surface area contributed by atoms with Crippen molar-refractivity contribution in [2.45, 2.75) is 11.4 Å². The number of nitrogens with one attached hydrogen (secondary N) is 1. The summed E-state index contributed by atoms with van der Waals surface area (Å²) in [4.78, 5) is 4.13. The number of aromatic nitrogens is 1. The Bertz CT molecular complexity index is 672. The minimum atomic E-state index is -3.64. The zero-order valence-corrected chi connectivity index (χ0v) is 12.3. The first-order valence-electron chi connectivity index (χ1n) is 5.45. The molecule has 1 heterocycles. The molecule has 0 radical (unpaired) electrons. The monoisotopic (exact) mass is 341 g/mol. The highest BCUT2D eigenvalue weighted by atomic mass is 79.9. The SMILES string of the molecule is NCc1ccc(S(=O)(=O)Nc2ncccc2Br)cc1. The van der Waals surface area contributed by atoms with Crippen LogP contribution in [0.3, 0.4) is 0 Å². The summed E-state index contributed by atoms with van der Waals surface area (Å²) in [5, 5.41) is 0. The van der Waals surface area contributed by atoms with E-state index in [-0.39, 0.29) is 10.7 Å². The number of benzene rings is 1. The van der Waals surface area contributed by atoms with E-state index in [0.29, 0.717) is 11.0 Å². The van der Waals surface area contributed by atoms with E-state index in [1.165, 1.54) is 18.3 Å². The number of pyridine rings is 1. The fourth-order valence-corrected chi connectivity index (χ4v) is 2.97. The second kappa shape index (κ2) is 5.68. The number of sulfonamides is 1. The standard InChI is InChI=1S/C12H12BrN3O2S/c13-11-2-1-7-15-12(11)16-19(17,18)10-5-3-9(8-14)4-6-10/h1-7H,8,14H2,(H,15,16). The molecule has 1 aromatic carbocycles. The molecule has 7 heteroatoms. The van der Waals surface area contributed by atoms with Crippen molar-refractivity contribution in [2.75, 3.05) is 4.72 Å². The van der Waals surface area contributed by atoms with Gasteiger partial charge < -0.3 is 5.73 Å². The Labute approximate surface area is 120 Å². The van der Waals surface area contributed by atoms with Gasteiger partial charge in [0.1, 0.15) is 0 Å². The first-order chi connectivity index (χ1) is 9.03. The van der Waals surface area contributed by atoms with E-state index < -0.39 is 10.0 Å². The molecule has 3 N–H and O–H groups in total. The van der Waals surface area contributed by atoms with E-state index in [0.717, 1.165) is 5.56 Å². The topological polar surface area (TPSA) is 85.1 Å². The second-order valence-corrected chi connectivity index (χ2v) is 6.32. The lowest BCUT2D eigenvalue weighted by Gasteiger charge is -2.08. The van der Waals surface area contributed by atoms with Gasteiger partial charge >= 0.3 is 0 Å². The number of nitrogens with two attached hydrogens (primary N) is 1. The zero-order chi connectivity index (χ0) is 13.9. The quantitative estimate of drug-likeness (QED) is 0.891. The predicted molar refractivity (Wildman–Crippen MR) is 77.1 cm³/mol. The average Bonchev–Trinajstić information content (AvgIpc) is 2.41. The van der Waals surface area contributed by atoms with Gasteiger partial charge in [0, 0.05) is 12.7 Å². The van der Waals surface area contributed by atoms with Crippen LogP contribution < -0.4 is 10.5 Å². The minimum absolute atomic E-state index is 0.169. The summed E-state index contributed by atoms with van der Waals surface area (Å²) in [6.45, 7) is 0.375. The van der Waals surface area contributed by atoms with E-state index in [9.17, 15) is 8.42 Å². The fourth-order valence-electron chi connectivity index (χ4n) is 1.45. The Morgan fingerprint density at radius 3 is 2.47 bits per heavy atom. The van der Waals surface area contributed by atoms with Crippen molar-refractivity contribution in [3.63, 3.8) is 0 Å². The van der Waals surface area contributed by atoms with Crippen LogP contribution in [0.4, 0.5) is 5.82 Å². The predicted octanol–water partition coefficient (Wildman–Crippen LogP) is 2.10. The Morgan fingerprint density at radius 1 is 1.21 bits per heavy atom. The molecule has 0 fully saturated rings. The highest BCUT2D eigenvalue weighted by Gasteiger charge is 2.15. The van der Waals surface area contributed by atoms with Crippen LogP contribution in [0, 0.1) is 0 Å². The van der Waals surface area contributed by atoms with Crippen molar-refractivity contribution < 1.29 is 8.42 Å². The van der Waals surface area contributed by atoms with Crippen molar-refractivity contribution in [3.8, 4) is 0 Å². The highest BCUT2D eigenvalue weighted by molar-refractivity contribution is 9.10. The average molecular weight is 342 g/mol. The van der Waals surface area contributed by atoms with Gasteiger partial charge in [-0.1, -0.05) is 12.1 Å². The summed E-state index contributed by atoms with van der Waals surface area (Å²) in [6, 6.07) is 9.81. The highest BCUT2D eigenvalue weighted by Crippen LogP contribution is 2.22. The fraction of sp³-hybridized carbons (Fsp3) is 0.0833. The minimum Gasteiger partial charge on any atom is -0.326 e. The third-order valence-electron chi connectivity index (χ3n) is 2.46. The summed E-state index contributed by atoms with van der Waals surface area (Å²) in [6.07, 6.45) is 1.51. The van der Waals surface area contributed by atoms with Gasteiger partial charge in [-0.15, -0.1) is 0 Å². The van der Waals surface area contributed by atoms with E-state index >= 15 is 0 Å². The van der Waals surface area contributed by atoms with Crippen LogP contribution in [0.2, 0.25) is 0 Å². The van der Waals surface area contributed by atoms with Crippen LogP contribution >= 0.6 is 15.9 Å². The van der Waals surface area contributed by atoms with E-state index in [4.69, 9.17) is 5.73 Å². The number of halogens is 1. The van der Waals surface area contributed by atoms with Gasteiger partial charge in [0.05, 0.1) is 9.37 Å². The second-order valence-electron chi connectivity index (χ2n) is 3.79. The Kier molecular flexibility index (Phi) is 4.18. The number of hydrogen-bond donors (Lipinski definition) is 2. The van der Waals surface area contributed by atoms with Crippen LogP contribution in [-0.4, -0.2) is 13.4 Å². The first kappa shape index (κ1) is 14.0. The molecule has 2 aromatic rings. The summed E-state index contributed by atoms with van der Waals surface area (Å²) >= 11 is 3.24. The van der Waals surface area contributed by atoms with E-state index in [2.05, 4.69) is 25.6 Å². The first-order valence-corrected chi connectivity index (χ1v) is 7.73. The molecule has 0 bridgehead atoms. The van der Waals surface area contributed by atoms with E-state index in [1.807, 2.05) is 0 Å². The molecular weight excluding hydrogens is 330 g/mol. The summed E-state index contributed by atoms with van der Waals surface area (Å²) in [5.74, 6) is 0.255. The summed E-state index contributed by atoms with van der Waals surface area (Å²) in [7, 11) is -3.64.